The minimum absolute atomic E-state index is 0.0291. The Kier molecular flexibility index (Phi) is 5.04. The largest absolute Gasteiger partial charge is 0.399 e. The number of benzene rings is 2. The van der Waals surface area contributed by atoms with Crippen molar-refractivity contribution in [2.24, 2.45) is 0 Å². The fourth-order valence-corrected chi connectivity index (χ4v) is 4.52. The average molecular weight is 428 g/mol. The molecule has 3 heterocycles. The van der Waals surface area contributed by atoms with Crippen LogP contribution in [0.5, 0.6) is 0 Å². The Bertz CT molecular complexity index is 1420. The predicted molar refractivity (Wildman–Crippen MR) is 121 cm³/mol. The van der Waals surface area contributed by atoms with E-state index in [0.29, 0.717) is 45.3 Å². The Morgan fingerprint density at radius 3 is 2.53 bits per heavy atom. The van der Waals surface area contributed by atoms with Gasteiger partial charge in [0.25, 0.3) is 5.56 Å². The molecule has 8 heteroatoms. The van der Waals surface area contributed by atoms with E-state index in [1.165, 1.54) is 12.3 Å². The molecule has 5 rings (SSSR count). The van der Waals surface area contributed by atoms with Crippen molar-refractivity contribution in [3.8, 4) is 17.2 Å². The number of piperidine rings is 1. The molecular weight excluding hydrogens is 407 g/mol. The normalized spacial score (nSPS) is 15.2. The molecule has 0 unspecified atom stereocenters. The Balaban J connectivity index is 1.71. The van der Waals surface area contributed by atoms with Crippen molar-refractivity contribution in [2.75, 3.05) is 25.4 Å². The lowest BCUT2D eigenvalue weighted by molar-refractivity contribution is 0.205. The van der Waals surface area contributed by atoms with Gasteiger partial charge in [0.15, 0.2) is 0 Å². The standard InChI is InChI=1S/C24H21FN6O/c25-20-12-21-19(11-18(20)15-1-3-16(27)4-2-15)24-22(13-28-21)29-14-23(32)31(24)17-5-8-30(9-6-17)10-7-26/h1-4,11-14,17H,5-6,8-10,27H2. The smallest absolute Gasteiger partial charge is 0.269 e. The van der Waals surface area contributed by atoms with Crippen molar-refractivity contribution < 1.29 is 4.39 Å². The SMILES string of the molecule is N#CCN1CCC(n2c(=O)cnc3cnc4cc(F)c(-c5ccc(N)cc5)cc4c32)CC1. The van der Waals surface area contributed by atoms with Gasteiger partial charge in [-0.1, -0.05) is 12.1 Å². The maximum atomic E-state index is 15.0. The van der Waals surface area contributed by atoms with Crippen LogP contribution in [0.15, 0.2) is 53.6 Å². The summed E-state index contributed by atoms with van der Waals surface area (Å²) in [7, 11) is 0. The topological polar surface area (TPSA) is 101 Å². The molecule has 0 bridgehead atoms. The molecule has 0 atom stereocenters. The molecule has 0 spiro atoms. The lowest BCUT2D eigenvalue weighted by Gasteiger charge is -2.32. The van der Waals surface area contributed by atoms with E-state index in [0.717, 1.165) is 25.9 Å². The molecule has 0 radical (unpaired) electrons. The number of nitrogen functional groups attached to an aromatic ring is 1. The monoisotopic (exact) mass is 428 g/mol. The zero-order valence-electron chi connectivity index (χ0n) is 17.3. The highest BCUT2D eigenvalue weighted by atomic mass is 19.1. The number of pyridine rings is 1. The minimum Gasteiger partial charge on any atom is -0.399 e. The van der Waals surface area contributed by atoms with Crippen LogP contribution in [0, 0.1) is 17.1 Å². The molecule has 1 saturated heterocycles. The molecule has 0 saturated carbocycles. The number of hydrogen-bond acceptors (Lipinski definition) is 6. The fourth-order valence-electron chi connectivity index (χ4n) is 4.52. The summed E-state index contributed by atoms with van der Waals surface area (Å²) in [6.07, 6.45) is 4.40. The van der Waals surface area contributed by atoms with Crippen LogP contribution in [0.2, 0.25) is 0 Å². The van der Waals surface area contributed by atoms with E-state index in [9.17, 15) is 9.18 Å². The number of fused-ring (bicyclic) bond motifs is 3. The van der Waals surface area contributed by atoms with E-state index in [1.807, 2.05) is 0 Å². The second-order valence-electron chi connectivity index (χ2n) is 8.10. The maximum Gasteiger partial charge on any atom is 0.269 e. The summed E-state index contributed by atoms with van der Waals surface area (Å²) in [6.45, 7) is 1.86. The summed E-state index contributed by atoms with van der Waals surface area (Å²) in [5.74, 6) is -0.392. The Labute approximate surface area is 183 Å². The van der Waals surface area contributed by atoms with E-state index < -0.39 is 5.82 Å². The third kappa shape index (κ3) is 3.47. The van der Waals surface area contributed by atoms with Crippen molar-refractivity contribution in [3.05, 3.63) is 65.0 Å². The third-order valence-electron chi connectivity index (χ3n) is 6.14. The number of likely N-dealkylation sites (tertiary alicyclic amines) is 1. The van der Waals surface area contributed by atoms with E-state index in [2.05, 4.69) is 20.9 Å². The number of nitrogens with two attached hydrogens (primary N) is 1. The van der Waals surface area contributed by atoms with Crippen LogP contribution >= 0.6 is 0 Å². The first kappa shape index (κ1) is 20.1. The van der Waals surface area contributed by atoms with Crippen LogP contribution < -0.4 is 11.3 Å². The first-order valence-electron chi connectivity index (χ1n) is 10.5. The van der Waals surface area contributed by atoms with E-state index >= 15 is 0 Å². The number of anilines is 1. The van der Waals surface area contributed by atoms with Crippen molar-refractivity contribution in [2.45, 2.75) is 18.9 Å². The Hall–Kier alpha value is -3.83. The molecule has 0 aliphatic carbocycles. The molecule has 7 nitrogen and oxygen atoms in total. The van der Waals surface area contributed by atoms with Gasteiger partial charge in [-0.3, -0.25) is 14.7 Å². The average Bonchev–Trinajstić information content (AvgIpc) is 2.80. The summed E-state index contributed by atoms with van der Waals surface area (Å²) >= 11 is 0. The zero-order chi connectivity index (χ0) is 22.2. The van der Waals surface area contributed by atoms with Crippen LogP contribution in [-0.2, 0) is 0 Å². The number of aromatic nitrogens is 3. The highest BCUT2D eigenvalue weighted by molar-refractivity contribution is 6.03. The lowest BCUT2D eigenvalue weighted by Crippen LogP contribution is -2.37. The van der Waals surface area contributed by atoms with Gasteiger partial charge in [-0.2, -0.15) is 5.26 Å². The van der Waals surface area contributed by atoms with Crippen molar-refractivity contribution >= 4 is 27.6 Å². The molecule has 160 valence electrons. The van der Waals surface area contributed by atoms with Gasteiger partial charge in [0.05, 0.1) is 36.0 Å². The molecule has 2 aromatic carbocycles. The molecule has 2 aromatic heterocycles. The van der Waals surface area contributed by atoms with Crippen molar-refractivity contribution in [3.63, 3.8) is 0 Å². The Morgan fingerprint density at radius 2 is 1.81 bits per heavy atom. The molecule has 1 fully saturated rings. The quantitative estimate of drug-likeness (QED) is 0.305. The minimum atomic E-state index is -0.392. The summed E-state index contributed by atoms with van der Waals surface area (Å²) in [5.41, 5.74) is 9.02. The van der Waals surface area contributed by atoms with Crippen LogP contribution in [0.3, 0.4) is 0 Å². The number of rotatable bonds is 3. The summed E-state index contributed by atoms with van der Waals surface area (Å²) in [6, 6.07) is 12.3. The number of hydrogen-bond donors (Lipinski definition) is 1. The van der Waals surface area contributed by atoms with Crippen LogP contribution in [0.25, 0.3) is 33.1 Å². The first-order valence-corrected chi connectivity index (χ1v) is 10.5. The fraction of sp³-hybridized carbons (Fsp3) is 0.250. The predicted octanol–water partition coefficient (Wildman–Crippen LogP) is 3.49. The highest BCUT2D eigenvalue weighted by Crippen LogP contribution is 2.33. The van der Waals surface area contributed by atoms with Crippen LogP contribution in [0.4, 0.5) is 10.1 Å². The molecule has 4 aromatic rings. The first-order chi connectivity index (χ1) is 15.5. The molecule has 1 aliphatic rings. The second-order valence-corrected chi connectivity index (χ2v) is 8.10. The van der Waals surface area contributed by atoms with Crippen molar-refractivity contribution in [1.29, 1.82) is 5.26 Å². The summed E-state index contributed by atoms with van der Waals surface area (Å²) < 4.78 is 16.7. The Morgan fingerprint density at radius 1 is 1.09 bits per heavy atom. The van der Waals surface area contributed by atoms with Crippen LogP contribution in [-0.4, -0.2) is 39.1 Å². The zero-order valence-corrected chi connectivity index (χ0v) is 17.3. The summed E-state index contributed by atoms with van der Waals surface area (Å²) in [5, 5.41) is 9.64. The van der Waals surface area contributed by atoms with E-state index in [1.54, 1.807) is 41.1 Å². The molecule has 2 N–H and O–H groups in total. The maximum absolute atomic E-state index is 15.0. The number of halogens is 1. The van der Waals surface area contributed by atoms with Crippen molar-refractivity contribution in [1.82, 2.24) is 19.4 Å². The lowest BCUT2D eigenvalue weighted by atomic mass is 10.0. The number of nitrogens with zero attached hydrogens (tertiary/aromatic N) is 5. The van der Waals surface area contributed by atoms with E-state index in [-0.39, 0.29) is 11.6 Å². The molecular formula is C24H21FN6O. The second kappa shape index (κ2) is 8.02. The van der Waals surface area contributed by atoms with Crippen LogP contribution in [0.1, 0.15) is 18.9 Å². The van der Waals surface area contributed by atoms with Gasteiger partial charge in [-0.05, 0) is 36.6 Å². The molecule has 1 aliphatic heterocycles. The van der Waals surface area contributed by atoms with Gasteiger partial charge in [0, 0.05) is 41.8 Å². The third-order valence-corrected chi connectivity index (χ3v) is 6.14. The molecule has 0 amide bonds. The van der Waals surface area contributed by atoms with Gasteiger partial charge in [0.1, 0.15) is 11.3 Å². The number of nitriles is 1. The van der Waals surface area contributed by atoms with E-state index in [4.69, 9.17) is 11.0 Å². The molecule has 32 heavy (non-hydrogen) atoms. The van der Waals surface area contributed by atoms with Gasteiger partial charge in [0.2, 0.25) is 0 Å². The van der Waals surface area contributed by atoms with Gasteiger partial charge in [-0.15, -0.1) is 0 Å². The summed E-state index contributed by atoms with van der Waals surface area (Å²) in [4.78, 5) is 23.7. The van der Waals surface area contributed by atoms with Gasteiger partial charge < -0.3 is 10.3 Å². The highest BCUT2D eigenvalue weighted by Gasteiger charge is 2.24. The van der Waals surface area contributed by atoms with Gasteiger partial charge >= 0.3 is 0 Å². The van der Waals surface area contributed by atoms with Gasteiger partial charge in [-0.25, -0.2) is 9.37 Å².